The molecular formula is C15H21F3N2S. The molecule has 1 rings (SSSR count). The first-order chi connectivity index (χ1) is 9.61. The summed E-state index contributed by atoms with van der Waals surface area (Å²) in [5.41, 5.74) is -0.367. The number of thiocarbonyl (C=S) groups is 1. The van der Waals surface area contributed by atoms with E-state index >= 15 is 0 Å². The van der Waals surface area contributed by atoms with Crippen LogP contribution in [0.3, 0.4) is 0 Å². The van der Waals surface area contributed by atoms with Gasteiger partial charge in [-0.05, 0) is 42.3 Å². The van der Waals surface area contributed by atoms with Gasteiger partial charge in [-0.25, -0.2) is 0 Å². The summed E-state index contributed by atoms with van der Waals surface area (Å²) in [7, 11) is 0. The van der Waals surface area contributed by atoms with Crippen molar-refractivity contribution in [3.8, 4) is 0 Å². The van der Waals surface area contributed by atoms with E-state index in [0.29, 0.717) is 22.6 Å². The van der Waals surface area contributed by atoms with Crippen molar-refractivity contribution in [2.45, 2.75) is 39.9 Å². The molecule has 2 nitrogen and oxygen atoms in total. The Morgan fingerprint density at radius 2 is 1.67 bits per heavy atom. The molecule has 0 aromatic heterocycles. The molecule has 0 aliphatic carbocycles. The Bertz CT molecular complexity index is 476. The minimum absolute atomic E-state index is 0.163. The van der Waals surface area contributed by atoms with Crippen LogP contribution in [0, 0.1) is 11.8 Å². The van der Waals surface area contributed by atoms with E-state index in [1.54, 1.807) is 6.07 Å². The number of hydrogen-bond acceptors (Lipinski definition) is 1. The van der Waals surface area contributed by atoms with E-state index in [1.165, 1.54) is 6.07 Å². The minimum Gasteiger partial charge on any atom is -0.359 e. The van der Waals surface area contributed by atoms with Crippen LogP contribution >= 0.6 is 12.2 Å². The van der Waals surface area contributed by atoms with Crippen molar-refractivity contribution in [2.24, 2.45) is 11.8 Å². The number of nitrogens with one attached hydrogen (secondary N) is 2. The monoisotopic (exact) mass is 318 g/mol. The zero-order valence-corrected chi connectivity index (χ0v) is 13.4. The molecule has 0 aliphatic rings. The molecular weight excluding hydrogens is 297 g/mol. The molecule has 118 valence electrons. The van der Waals surface area contributed by atoms with Crippen molar-refractivity contribution in [3.63, 3.8) is 0 Å². The number of alkyl halides is 3. The summed E-state index contributed by atoms with van der Waals surface area (Å²) in [4.78, 5) is 0. The van der Waals surface area contributed by atoms with Crippen LogP contribution in [0.5, 0.6) is 0 Å². The van der Waals surface area contributed by atoms with Gasteiger partial charge in [-0.1, -0.05) is 33.8 Å². The maximum Gasteiger partial charge on any atom is 0.416 e. The normalized spacial score (nSPS) is 12.1. The van der Waals surface area contributed by atoms with Crippen molar-refractivity contribution in [3.05, 3.63) is 29.8 Å². The van der Waals surface area contributed by atoms with Gasteiger partial charge >= 0.3 is 6.18 Å². The predicted molar refractivity (Wildman–Crippen MR) is 84.3 cm³/mol. The summed E-state index contributed by atoms with van der Waals surface area (Å²) < 4.78 is 38.0. The molecule has 1 aromatic carbocycles. The molecule has 0 heterocycles. The van der Waals surface area contributed by atoms with E-state index in [4.69, 9.17) is 12.2 Å². The van der Waals surface area contributed by atoms with Gasteiger partial charge < -0.3 is 10.6 Å². The lowest BCUT2D eigenvalue weighted by atomic mass is 9.93. The van der Waals surface area contributed by atoms with E-state index in [0.717, 1.165) is 12.1 Å². The first-order valence-corrected chi connectivity index (χ1v) is 7.27. The smallest absolute Gasteiger partial charge is 0.359 e. The molecule has 0 saturated carbocycles. The Hall–Kier alpha value is -1.30. The minimum atomic E-state index is -4.36. The van der Waals surface area contributed by atoms with Gasteiger partial charge in [0.2, 0.25) is 0 Å². The molecule has 1 aromatic rings. The lowest BCUT2D eigenvalue weighted by Gasteiger charge is -2.27. The second-order valence-electron chi connectivity index (χ2n) is 5.69. The molecule has 2 N–H and O–H groups in total. The van der Waals surface area contributed by atoms with Crippen molar-refractivity contribution < 1.29 is 13.2 Å². The molecule has 6 heteroatoms. The number of hydrogen-bond donors (Lipinski definition) is 2. The highest BCUT2D eigenvalue weighted by Crippen LogP contribution is 2.30. The molecule has 0 atom stereocenters. The molecule has 0 spiro atoms. The highest BCUT2D eigenvalue weighted by Gasteiger charge is 2.30. The standard InChI is InChI=1S/C15H21F3N2S/c1-9(2)13(10(3)4)20-14(21)19-12-7-5-6-11(8-12)15(16,17)18/h5-10,13H,1-4H3,(H2,19,20,21). The largest absolute Gasteiger partial charge is 0.416 e. The molecule has 0 aliphatic heterocycles. The average Bonchev–Trinajstić information content (AvgIpc) is 2.34. The van der Waals surface area contributed by atoms with Gasteiger partial charge in [0.15, 0.2) is 5.11 Å². The maximum absolute atomic E-state index is 12.7. The Kier molecular flexibility index (Phi) is 6.01. The fourth-order valence-electron chi connectivity index (χ4n) is 2.19. The van der Waals surface area contributed by atoms with Crippen LogP contribution < -0.4 is 10.6 Å². The fourth-order valence-corrected chi connectivity index (χ4v) is 2.45. The van der Waals surface area contributed by atoms with Crippen molar-refractivity contribution >= 4 is 23.0 Å². The Morgan fingerprint density at radius 1 is 1.10 bits per heavy atom. The van der Waals surface area contributed by atoms with Crippen LogP contribution in [-0.2, 0) is 6.18 Å². The summed E-state index contributed by atoms with van der Waals surface area (Å²) in [5, 5.41) is 6.31. The van der Waals surface area contributed by atoms with E-state index in [9.17, 15) is 13.2 Å². The highest BCUT2D eigenvalue weighted by atomic mass is 32.1. The quantitative estimate of drug-likeness (QED) is 0.789. The number of rotatable bonds is 4. The third-order valence-electron chi connectivity index (χ3n) is 3.18. The van der Waals surface area contributed by atoms with E-state index in [2.05, 4.69) is 38.3 Å². The zero-order chi connectivity index (χ0) is 16.2. The lowest BCUT2D eigenvalue weighted by Crippen LogP contribution is -2.44. The Balaban J connectivity index is 2.75. The van der Waals surface area contributed by atoms with Crippen molar-refractivity contribution in [1.29, 1.82) is 0 Å². The van der Waals surface area contributed by atoms with Gasteiger partial charge in [0, 0.05) is 11.7 Å². The van der Waals surface area contributed by atoms with Gasteiger partial charge in [0.05, 0.1) is 5.56 Å². The van der Waals surface area contributed by atoms with E-state index < -0.39 is 11.7 Å². The molecule has 0 saturated heterocycles. The third kappa shape index (κ3) is 5.53. The average molecular weight is 318 g/mol. The molecule has 0 fully saturated rings. The van der Waals surface area contributed by atoms with Crippen molar-refractivity contribution in [2.75, 3.05) is 5.32 Å². The topological polar surface area (TPSA) is 24.1 Å². The number of halogens is 3. The summed E-state index contributed by atoms with van der Waals surface area (Å²) in [6.45, 7) is 8.30. The van der Waals surface area contributed by atoms with E-state index in [-0.39, 0.29) is 6.04 Å². The van der Waals surface area contributed by atoms with Crippen LogP contribution in [0.25, 0.3) is 0 Å². The van der Waals surface area contributed by atoms with Crippen LogP contribution in [0.1, 0.15) is 33.3 Å². The fraction of sp³-hybridized carbons (Fsp3) is 0.533. The van der Waals surface area contributed by atoms with Crippen LogP contribution in [0.2, 0.25) is 0 Å². The third-order valence-corrected chi connectivity index (χ3v) is 3.40. The van der Waals surface area contributed by atoms with Gasteiger partial charge in [-0.15, -0.1) is 0 Å². The van der Waals surface area contributed by atoms with Crippen LogP contribution in [0.15, 0.2) is 24.3 Å². The summed E-state index contributed by atoms with van der Waals surface area (Å²) in [6.07, 6.45) is -4.36. The SMILES string of the molecule is CC(C)C(NC(=S)Nc1cccc(C(F)(F)F)c1)C(C)C. The Labute approximate surface area is 129 Å². The highest BCUT2D eigenvalue weighted by molar-refractivity contribution is 7.80. The second kappa shape index (κ2) is 7.11. The number of anilines is 1. The lowest BCUT2D eigenvalue weighted by molar-refractivity contribution is -0.137. The van der Waals surface area contributed by atoms with Gasteiger partial charge in [-0.2, -0.15) is 13.2 Å². The van der Waals surface area contributed by atoms with Crippen molar-refractivity contribution in [1.82, 2.24) is 5.32 Å². The van der Waals surface area contributed by atoms with E-state index in [1.807, 2.05) is 0 Å². The van der Waals surface area contributed by atoms with Crippen LogP contribution in [0.4, 0.5) is 18.9 Å². The van der Waals surface area contributed by atoms with Gasteiger partial charge in [0.1, 0.15) is 0 Å². The summed E-state index contributed by atoms with van der Waals surface area (Å²) in [6, 6.07) is 5.16. The zero-order valence-electron chi connectivity index (χ0n) is 12.6. The molecule has 0 unspecified atom stereocenters. The van der Waals surface area contributed by atoms with Gasteiger partial charge in [-0.3, -0.25) is 0 Å². The first-order valence-electron chi connectivity index (χ1n) is 6.86. The summed E-state index contributed by atoms with van der Waals surface area (Å²) in [5.74, 6) is 0.734. The Morgan fingerprint density at radius 3 is 2.14 bits per heavy atom. The number of benzene rings is 1. The van der Waals surface area contributed by atoms with Gasteiger partial charge in [0.25, 0.3) is 0 Å². The second-order valence-corrected chi connectivity index (χ2v) is 6.10. The molecule has 0 radical (unpaired) electrons. The van der Waals surface area contributed by atoms with Crippen LogP contribution in [-0.4, -0.2) is 11.2 Å². The first kappa shape index (κ1) is 17.8. The molecule has 0 bridgehead atoms. The molecule has 0 amide bonds. The predicted octanol–water partition coefficient (Wildman–Crippen LogP) is 4.67. The maximum atomic E-state index is 12.7. The summed E-state index contributed by atoms with van der Waals surface area (Å²) >= 11 is 5.18. The molecule has 21 heavy (non-hydrogen) atoms.